The predicted octanol–water partition coefficient (Wildman–Crippen LogP) is 1.53. The zero-order chi connectivity index (χ0) is 12.6. The lowest BCUT2D eigenvalue weighted by Crippen LogP contribution is -2.45. The van der Waals surface area contributed by atoms with E-state index in [-0.39, 0.29) is 6.42 Å². The molecule has 2 N–H and O–H groups in total. The third-order valence-electron chi connectivity index (χ3n) is 2.47. The molecule has 16 heavy (non-hydrogen) atoms. The van der Waals surface area contributed by atoms with E-state index in [0.29, 0.717) is 0 Å². The van der Waals surface area contributed by atoms with Gasteiger partial charge in [-0.15, -0.1) is 0 Å². The van der Waals surface area contributed by atoms with E-state index < -0.39 is 36.2 Å². The van der Waals surface area contributed by atoms with E-state index in [2.05, 4.69) is 5.32 Å². The van der Waals surface area contributed by atoms with Crippen molar-refractivity contribution in [1.82, 2.24) is 5.32 Å². The summed E-state index contributed by atoms with van der Waals surface area (Å²) in [5, 5.41) is 11.3. The van der Waals surface area contributed by atoms with Crippen molar-refractivity contribution in [1.29, 1.82) is 0 Å². The average Bonchev–Trinajstić information content (AvgIpc) is 2.76. The van der Waals surface area contributed by atoms with E-state index >= 15 is 0 Å². The molecule has 0 radical (unpaired) electrons. The van der Waals surface area contributed by atoms with E-state index in [0.717, 1.165) is 0 Å². The van der Waals surface area contributed by atoms with Crippen LogP contribution in [0.15, 0.2) is 0 Å². The zero-order valence-corrected chi connectivity index (χ0v) is 9.59. The molecular formula is C10H17F2NO3. The lowest BCUT2D eigenvalue weighted by atomic mass is 10.2. The first kappa shape index (κ1) is 13.2. The highest BCUT2D eigenvalue weighted by atomic mass is 19.3. The molecule has 1 saturated carbocycles. The van der Waals surface area contributed by atoms with Crippen molar-refractivity contribution in [3.63, 3.8) is 0 Å². The number of ether oxygens (including phenoxy) is 1. The molecule has 1 aliphatic rings. The number of aliphatic hydroxyl groups excluding tert-OH is 1. The van der Waals surface area contributed by atoms with Crippen LogP contribution in [0.1, 0.15) is 27.2 Å². The summed E-state index contributed by atoms with van der Waals surface area (Å²) in [6.07, 6.45) is -3.23. The Balaban J connectivity index is 2.51. The number of rotatable bonds is 3. The van der Waals surface area contributed by atoms with Gasteiger partial charge in [0.05, 0.1) is 12.1 Å². The normalized spacial score (nSPS) is 29.1. The van der Waals surface area contributed by atoms with Crippen LogP contribution in [0.4, 0.5) is 13.6 Å². The van der Waals surface area contributed by atoms with Gasteiger partial charge in [-0.25, -0.2) is 13.6 Å². The molecule has 0 bridgehead atoms. The van der Waals surface area contributed by atoms with E-state index in [1.807, 2.05) is 0 Å². The number of halogens is 2. The monoisotopic (exact) mass is 237 g/mol. The smallest absolute Gasteiger partial charge is 0.408 e. The van der Waals surface area contributed by atoms with Crippen LogP contribution in [0.3, 0.4) is 0 Å². The fraction of sp³-hybridized carbons (Fsp3) is 0.900. The van der Waals surface area contributed by atoms with Gasteiger partial charge in [-0.05, 0) is 27.2 Å². The van der Waals surface area contributed by atoms with Crippen LogP contribution >= 0.6 is 0 Å². The largest absolute Gasteiger partial charge is 0.444 e. The summed E-state index contributed by atoms with van der Waals surface area (Å²) in [4.78, 5) is 11.4. The Morgan fingerprint density at radius 2 is 2.19 bits per heavy atom. The highest BCUT2D eigenvalue weighted by molar-refractivity contribution is 5.69. The second-order valence-electron chi connectivity index (χ2n) is 5.09. The summed E-state index contributed by atoms with van der Waals surface area (Å²) in [5.74, 6) is -0.981. The highest BCUT2D eigenvalue weighted by Crippen LogP contribution is 2.47. The van der Waals surface area contributed by atoms with Gasteiger partial charge in [0.1, 0.15) is 5.60 Å². The molecule has 0 saturated heterocycles. The van der Waals surface area contributed by atoms with Crippen LogP contribution in [-0.2, 0) is 4.74 Å². The standard InChI is InChI=1S/C10H17F2NO3/c1-9(2,3)16-8(15)13-10(5-14)4-6(10)7(11)12/h6-7,14H,4-5H2,1-3H3,(H,13,15)/t6-,10+/m0/s1. The van der Waals surface area contributed by atoms with E-state index in [1.165, 1.54) is 0 Å². The highest BCUT2D eigenvalue weighted by Gasteiger charge is 2.60. The number of nitrogens with one attached hydrogen (secondary N) is 1. The lowest BCUT2D eigenvalue weighted by Gasteiger charge is -2.23. The molecule has 1 aliphatic carbocycles. The topological polar surface area (TPSA) is 58.6 Å². The molecule has 4 nitrogen and oxygen atoms in total. The zero-order valence-electron chi connectivity index (χ0n) is 9.59. The Bertz CT molecular complexity index is 278. The van der Waals surface area contributed by atoms with Gasteiger partial charge < -0.3 is 15.2 Å². The maximum absolute atomic E-state index is 12.4. The Kier molecular flexibility index (Phi) is 3.42. The van der Waals surface area contributed by atoms with Crippen LogP contribution in [0.5, 0.6) is 0 Å². The molecule has 1 amide bonds. The van der Waals surface area contributed by atoms with Crippen LogP contribution in [-0.4, -0.2) is 35.4 Å². The quantitative estimate of drug-likeness (QED) is 0.782. The maximum atomic E-state index is 12.4. The summed E-state index contributed by atoms with van der Waals surface area (Å²) in [6, 6.07) is 0. The van der Waals surface area contributed by atoms with Gasteiger partial charge in [0.25, 0.3) is 0 Å². The molecule has 0 aromatic heterocycles. The van der Waals surface area contributed by atoms with E-state index in [9.17, 15) is 13.6 Å². The minimum atomic E-state index is -2.54. The van der Waals surface area contributed by atoms with Gasteiger partial charge >= 0.3 is 6.09 Å². The van der Waals surface area contributed by atoms with Gasteiger partial charge in [-0.2, -0.15) is 0 Å². The molecule has 2 atom stereocenters. The van der Waals surface area contributed by atoms with Crippen molar-refractivity contribution >= 4 is 6.09 Å². The van der Waals surface area contributed by atoms with E-state index in [1.54, 1.807) is 20.8 Å². The fourth-order valence-corrected chi connectivity index (χ4v) is 1.54. The predicted molar refractivity (Wildman–Crippen MR) is 53.3 cm³/mol. The maximum Gasteiger partial charge on any atom is 0.408 e. The first-order valence-electron chi connectivity index (χ1n) is 5.10. The van der Waals surface area contributed by atoms with Crippen LogP contribution < -0.4 is 5.32 Å². The third kappa shape index (κ3) is 3.04. The second kappa shape index (κ2) is 4.16. The van der Waals surface area contributed by atoms with Crippen molar-refractivity contribution in [2.24, 2.45) is 5.92 Å². The number of carbonyl (C=O) groups excluding carboxylic acids is 1. The van der Waals surface area contributed by atoms with Crippen molar-refractivity contribution < 1.29 is 23.4 Å². The minimum Gasteiger partial charge on any atom is -0.444 e. The Morgan fingerprint density at radius 3 is 2.50 bits per heavy atom. The molecule has 1 fully saturated rings. The van der Waals surface area contributed by atoms with Crippen LogP contribution in [0, 0.1) is 5.92 Å². The van der Waals surface area contributed by atoms with E-state index in [4.69, 9.17) is 9.84 Å². The summed E-state index contributed by atoms with van der Waals surface area (Å²) in [5.41, 5.74) is -1.88. The molecule has 0 aliphatic heterocycles. The van der Waals surface area contributed by atoms with Gasteiger partial charge in [0.15, 0.2) is 0 Å². The Hall–Kier alpha value is -0.910. The Labute approximate surface area is 93.0 Å². The average molecular weight is 237 g/mol. The molecule has 0 aromatic carbocycles. The van der Waals surface area contributed by atoms with Crippen molar-refractivity contribution in [3.8, 4) is 0 Å². The summed E-state index contributed by atoms with van der Waals surface area (Å²) in [6.45, 7) is 4.53. The summed E-state index contributed by atoms with van der Waals surface area (Å²) in [7, 11) is 0. The molecular weight excluding hydrogens is 220 g/mol. The molecule has 0 heterocycles. The number of alkyl carbamates (subject to hydrolysis) is 1. The van der Waals surface area contributed by atoms with Gasteiger partial charge in [0, 0.05) is 5.92 Å². The first-order chi connectivity index (χ1) is 7.20. The van der Waals surface area contributed by atoms with Crippen LogP contribution in [0.2, 0.25) is 0 Å². The number of hydrogen-bond donors (Lipinski definition) is 2. The van der Waals surface area contributed by atoms with Gasteiger partial charge in [-0.3, -0.25) is 0 Å². The van der Waals surface area contributed by atoms with Gasteiger partial charge in [0.2, 0.25) is 6.43 Å². The summed E-state index contributed by atoms with van der Waals surface area (Å²) < 4.78 is 29.7. The number of amides is 1. The Morgan fingerprint density at radius 1 is 1.62 bits per heavy atom. The third-order valence-corrected chi connectivity index (χ3v) is 2.47. The fourth-order valence-electron chi connectivity index (χ4n) is 1.54. The SMILES string of the molecule is CC(C)(C)OC(=O)N[C@@]1(CO)C[C@H]1C(F)F. The van der Waals surface area contributed by atoms with Crippen molar-refractivity contribution in [3.05, 3.63) is 0 Å². The van der Waals surface area contributed by atoms with Gasteiger partial charge in [-0.1, -0.05) is 0 Å². The molecule has 0 spiro atoms. The molecule has 6 heteroatoms. The minimum absolute atomic E-state index is 0.0837. The number of carbonyl (C=O) groups is 1. The molecule has 0 aromatic rings. The number of alkyl halides is 2. The number of hydrogen-bond acceptors (Lipinski definition) is 3. The number of aliphatic hydroxyl groups is 1. The second-order valence-corrected chi connectivity index (χ2v) is 5.09. The summed E-state index contributed by atoms with van der Waals surface area (Å²) >= 11 is 0. The lowest BCUT2D eigenvalue weighted by molar-refractivity contribution is 0.0420. The molecule has 94 valence electrons. The molecule has 1 rings (SSSR count). The van der Waals surface area contributed by atoms with Crippen molar-refractivity contribution in [2.75, 3.05) is 6.61 Å². The van der Waals surface area contributed by atoms with Crippen LogP contribution in [0.25, 0.3) is 0 Å². The van der Waals surface area contributed by atoms with Crippen molar-refractivity contribution in [2.45, 2.75) is 44.8 Å². The molecule has 0 unspecified atom stereocenters. The first-order valence-corrected chi connectivity index (χ1v) is 5.10.